The summed E-state index contributed by atoms with van der Waals surface area (Å²) in [7, 11) is 0. The van der Waals surface area contributed by atoms with Crippen molar-refractivity contribution in [3.8, 4) is 5.75 Å². The lowest BCUT2D eigenvalue weighted by Gasteiger charge is -2.08. The van der Waals surface area contributed by atoms with Crippen LogP contribution >= 0.6 is 0 Å². The zero-order valence-corrected chi connectivity index (χ0v) is 10.4. The van der Waals surface area contributed by atoms with Gasteiger partial charge in [-0.1, -0.05) is 24.6 Å². The van der Waals surface area contributed by atoms with Gasteiger partial charge in [-0.05, 0) is 19.4 Å². The van der Waals surface area contributed by atoms with E-state index in [1.807, 2.05) is 26.0 Å². The molecular formula is C13H20N2O2. The van der Waals surface area contributed by atoms with E-state index >= 15 is 0 Å². The van der Waals surface area contributed by atoms with Gasteiger partial charge in [-0.3, -0.25) is 4.79 Å². The van der Waals surface area contributed by atoms with Crippen LogP contribution in [0.4, 0.5) is 0 Å². The minimum absolute atomic E-state index is 0.0148. The summed E-state index contributed by atoms with van der Waals surface area (Å²) in [5.74, 6) is 0.246. The second-order valence-electron chi connectivity index (χ2n) is 4.09. The predicted octanol–water partition coefficient (Wildman–Crippen LogP) is 1.32. The van der Waals surface area contributed by atoms with Gasteiger partial charge >= 0.3 is 0 Å². The number of aromatic hydroxyl groups is 1. The maximum absolute atomic E-state index is 11.3. The Morgan fingerprint density at radius 3 is 2.88 bits per heavy atom. The van der Waals surface area contributed by atoms with E-state index in [9.17, 15) is 9.90 Å². The molecule has 0 aliphatic rings. The third-order valence-corrected chi connectivity index (χ3v) is 2.41. The van der Waals surface area contributed by atoms with Crippen LogP contribution in [0.15, 0.2) is 18.2 Å². The molecule has 3 N–H and O–H groups in total. The smallest absolute Gasteiger partial charge is 0.233 e. The van der Waals surface area contributed by atoms with Gasteiger partial charge in [0.2, 0.25) is 5.91 Å². The van der Waals surface area contributed by atoms with E-state index in [0.29, 0.717) is 13.1 Å². The maximum Gasteiger partial charge on any atom is 0.233 e. The molecule has 0 saturated heterocycles. The van der Waals surface area contributed by atoms with Crippen molar-refractivity contribution in [2.45, 2.75) is 26.8 Å². The van der Waals surface area contributed by atoms with Crippen molar-refractivity contribution in [3.63, 3.8) is 0 Å². The molecule has 0 unspecified atom stereocenters. The molecule has 1 aromatic carbocycles. The van der Waals surface area contributed by atoms with E-state index in [2.05, 4.69) is 10.6 Å². The summed E-state index contributed by atoms with van der Waals surface area (Å²) < 4.78 is 0. The van der Waals surface area contributed by atoms with E-state index < -0.39 is 0 Å². The molecule has 1 rings (SSSR count). The van der Waals surface area contributed by atoms with Crippen LogP contribution in [0.1, 0.15) is 24.5 Å². The maximum atomic E-state index is 11.3. The highest BCUT2D eigenvalue weighted by Crippen LogP contribution is 2.17. The predicted molar refractivity (Wildman–Crippen MR) is 67.9 cm³/mol. The van der Waals surface area contributed by atoms with E-state index in [-0.39, 0.29) is 18.2 Å². The van der Waals surface area contributed by atoms with Crippen molar-refractivity contribution in [2.24, 2.45) is 0 Å². The lowest BCUT2D eigenvalue weighted by atomic mass is 10.1. The summed E-state index contributed by atoms with van der Waals surface area (Å²) in [6.07, 6.45) is 0.935. The number of phenols is 1. The Morgan fingerprint density at radius 1 is 1.41 bits per heavy atom. The SMILES string of the molecule is CCCNC(=O)CNCc1cc(C)ccc1O. The van der Waals surface area contributed by atoms with Gasteiger partial charge in [-0.15, -0.1) is 0 Å². The monoisotopic (exact) mass is 236 g/mol. The van der Waals surface area contributed by atoms with E-state index in [0.717, 1.165) is 17.5 Å². The van der Waals surface area contributed by atoms with Crippen molar-refractivity contribution in [2.75, 3.05) is 13.1 Å². The minimum Gasteiger partial charge on any atom is -0.508 e. The molecule has 0 aliphatic heterocycles. The Kier molecular flexibility index (Phi) is 5.49. The minimum atomic E-state index is -0.0148. The first kappa shape index (κ1) is 13.5. The molecule has 0 spiro atoms. The van der Waals surface area contributed by atoms with E-state index in [4.69, 9.17) is 0 Å². The summed E-state index contributed by atoms with van der Waals surface area (Å²) in [6, 6.07) is 5.43. The zero-order valence-electron chi connectivity index (χ0n) is 10.4. The largest absolute Gasteiger partial charge is 0.508 e. The Morgan fingerprint density at radius 2 is 2.18 bits per heavy atom. The molecule has 4 nitrogen and oxygen atoms in total. The number of phenolic OH excluding ortho intramolecular Hbond substituents is 1. The quantitative estimate of drug-likeness (QED) is 0.698. The highest BCUT2D eigenvalue weighted by Gasteiger charge is 2.03. The molecule has 1 aromatic rings. The van der Waals surface area contributed by atoms with Crippen LogP contribution in [0, 0.1) is 6.92 Å². The number of rotatable bonds is 6. The molecule has 0 heterocycles. The molecule has 0 atom stereocenters. The number of hydrogen-bond donors (Lipinski definition) is 3. The lowest BCUT2D eigenvalue weighted by molar-refractivity contribution is -0.120. The summed E-state index contributed by atoms with van der Waals surface area (Å²) in [5, 5.41) is 15.4. The summed E-state index contributed by atoms with van der Waals surface area (Å²) in [6.45, 7) is 5.45. The number of amides is 1. The molecule has 0 fully saturated rings. The van der Waals surface area contributed by atoms with Crippen LogP contribution in [0.3, 0.4) is 0 Å². The van der Waals surface area contributed by atoms with Crippen LogP contribution in [-0.4, -0.2) is 24.1 Å². The highest BCUT2D eigenvalue weighted by atomic mass is 16.3. The summed E-state index contributed by atoms with van der Waals surface area (Å²) >= 11 is 0. The first-order chi connectivity index (χ1) is 8.13. The third kappa shape index (κ3) is 4.87. The van der Waals surface area contributed by atoms with Crippen LogP contribution in [0.5, 0.6) is 5.75 Å². The van der Waals surface area contributed by atoms with Crippen molar-refractivity contribution in [3.05, 3.63) is 29.3 Å². The van der Waals surface area contributed by atoms with Gasteiger partial charge in [0.05, 0.1) is 6.54 Å². The fourth-order valence-electron chi connectivity index (χ4n) is 1.49. The highest BCUT2D eigenvalue weighted by molar-refractivity contribution is 5.77. The van der Waals surface area contributed by atoms with Gasteiger partial charge in [-0.25, -0.2) is 0 Å². The van der Waals surface area contributed by atoms with Gasteiger partial charge < -0.3 is 15.7 Å². The van der Waals surface area contributed by atoms with Crippen molar-refractivity contribution in [1.82, 2.24) is 10.6 Å². The molecule has 94 valence electrons. The standard InChI is InChI=1S/C13H20N2O2/c1-3-6-15-13(17)9-14-8-11-7-10(2)4-5-12(11)16/h4-5,7,14,16H,3,6,8-9H2,1-2H3,(H,15,17). The summed E-state index contributed by atoms with van der Waals surface area (Å²) in [4.78, 5) is 11.3. The van der Waals surface area contributed by atoms with Crippen molar-refractivity contribution >= 4 is 5.91 Å². The van der Waals surface area contributed by atoms with E-state index in [1.54, 1.807) is 6.07 Å². The first-order valence-electron chi connectivity index (χ1n) is 5.89. The second-order valence-corrected chi connectivity index (χ2v) is 4.09. The average Bonchev–Trinajstić information content (AvgIpc) is 2.31. The molecular weight excluding hydrogens is 216 g/mol. The molecule has 0 saturated carbocycles. The van der Waals surface area contributed by atoms with Gasteiger partial charge in [0.15, 0.2) is 0 Å². The molecule has 0 bridgehead atoms. The zero-order chi connectivity index (χ0) is 12.7. The number of carbonyl (C=O) groups excluding carboxylic acids is 1. The number of benzene rings is 1. The Bertz CT molecular complexity index is 378. The van der Waals surface area contributed by atoms with Crippen molar-refractivity contribution < 1.29 is 9.90 Å². The molecule has 0 aromatic heterocycles. The fraction of sp³-hybridized carbons (Fsp3) is 0.462. The fourth-order valence-corrected chi connectivity index (χ4v) is 1.49. The van der Waals surface area contributed by atoms with Gasteiger partial charge in [0, 0.05) is 18.7 Å². The number of nitrogens with one attached hydrogen (secondary N) is 2. The second kappa shape index (κ2) is 6.91. The van der Waals surface area contributed by atoms with E-state index in [1.165, 1.54) is 0 Å². The Hall–Kier alpha value is -1.55. The van der Waals surface area contributed by atoms with Crippen LogP contribution in [0.25, 0.3) is 0 Å². The number of carbonyl (C=O) groups is 1. The molecule has 4 heteroatoms. The first-order valence-corrected chi connectivity index (χ1v) is 5.89. The van der Waals surface area contributed by atoms with Crippen LogP contribution < -0.4 is 10.6 Å². The molecule has 0 aliphatic carbocycles. The third-order valence-electron chi connectivity index (χ3n) is 2.41. The number of hydrogen-bond acceptors (Lipinski definition) is 3. The van der Waals surface area contributed by atoms with Gasteiger partial charge in [0.1, 0.15) is 5.75 Å². The molecule has 1 amide bonds. The van der Waals surface area contributed by atoms with Crippen LogP contribution in [-0.2, 0) is 11.3 Å². The molecule has 17 heavy (non-hydrogen) atoms. The normalized spacial score (nSPS) is 10.2. The van der Waals surface area contributed by atoms with Crippen molar-refractivity contribution in [1.29, 1.82) is 0 Å². The Balaban J connectivity index is 2.35. The topological polar surface area (TPSA) is 61.4 Å². The van der Waals surface area contributed by atoms with Gasteiger partial charge in [0.25, 0.3) is 0 Å². The van der Waals surface area contributed by atoms with Crippen LogP contribution in [0.2, 0.25) is 0 Å². The number of aryl methyl sites for hydroxylation is 1. The lowest BCUT2D eigenvalue weighted by Crippen LogP contribution is -2.33. The molecule has 0 radical (unpaired) electrons. The summed E-state index contributed by atoms with van der Waals surface area (Å²) in [5.41, 5.74) is 1.91. The van der Waals surface area contributed by atoms with Gasteiger partial charge in [-0.2, -0.15) is 0 Å². The average molecular weight is 236 g/mol. The Labute approximate surface area is 102 Å².